The maximum Gasteiger partial charge on any atom is 0.325 e. The van der Waals surface area contributed by atoms with E-state index in [1.54, 1.807) is 6.07 Å². The van der Waals surface area contributed by atoms with Crippen LogP contribution in [-0.2, 0) is 14.8 Å². The fraction of sp³-hybridized carbons (Fsp3) is 0.154. The smallest absolute Gasteiger partial charge is 0.325 e. The van der Waals surface area contributed by atoms with Gasteiger partial charge in [-0.25, -0.2) is 13.2 Å². The number of carbonyl (C=O) groups excluding carboxylic acids is 1. The highest BCUT2D eigenvalue weighted by Gasteiger charge is 2.22. The molecule has 23 heavy (non-hydrogen) atoms. The van der Waals surface area contributed by atoms with Crippen LogP contribution in [0.5, 0.6) is 0 Å². The molecule has 4 N–H and O–H groups in total. The van der Waals surface area contributed by atoms with E-state index in [0.29, 0.717) is 5.69 Å². The molecule has 0 fully saturated rings. The Kier molecular flexibility index (Phi) is 4.36. The zero-order valence-corrected chi connectivity index (χ0v) is 13.1. The average Bonchev–Trinajstić information content (AvgIpc) is 2.35. The van der Waals surface area contributed by atoms with Gasteiger partial charge in [-0.1, -0.05) is 6.07 Å². The Morgan fingerprint density at radius 1 is 1.13 bits per heavy atom. The average molecular weight is 338 g/mol. The lowest BCUT2D eigenvalue weighted by Gasteiger charge is -2.10. The monoisotopic (exact) mass is 338 g/mol. The summed E-state index contributed by atoms with van der Waals surface area (Å²) in [6, 6.07) is 5.97. The number of aromatic amines is 2. The van der Waals surface area contributed by atoms with Crippen molar-refractivity contribution in [1.82, 2.24) is 9.97 Å². The molecule has 0 spiro atoms. The molecule has 1 amide bonds. The van der Waals surface area contributed by atoms with Crippen LogP contribution >= 0.6 is 0 Å². The van der Waals surface area contributed by atoms with Gasteiger partial charge in [0.1, 0.15) is 0 Å². The molecular weight excluding hydrogens is 324 g/mol. The number of nitrogens with one attached hydrogen (secondary N) is 4. The number of benzene rings is 1. The standard InChI is InChI=1S/C13H14N4O5S/c1-7-11(12(19)16-13(20)14-7)23(21,22)17-10-5-3-4-9(6-10)15-8(2)18/h3-6,17H,1-2H3,(H,15,18)(H2,14,16,19,20). The maximum absolute atomic E-state index is 12.3. The van der Waals surface area contributed by atoms with Gasteiger partial charge in [-0.15, -0.1) is 0 Å². The third-order valence-corrected chi connectivity index (χ3v) is 4.31. The van der Waals surface area contributed by atoms with Gasteiger partial charge >= 0.3 is 5.69 Å². The van der Waals surface area contributed by atoms with E-state index in [4.69, 9.17) is 0 Å². The number of aryl methyl sites for hydroxylation is 1. The molecule has 2 rings (SSSR count). The zero-order valence-electron chi connectivity index (χ0n) is 12.3. The number of aromatic nitrogens is 2. The number of hydrogen-bond acceptors (Lipinski definition) is 5. The van der Waals surface area contributed by atoms with Gasteiger partial charge in [-0.2, -0.15) is 0 Å². The van der Waals surface area contributed by atoms with Gasteiger partial charge in [0.25, 0.3) is 15.6 Å². The first kappa shape index (κ1) is 16.5. The highest BCUT2D eigenvalue weighted by atomic mass is 32.2. The van der Waals surface area contributed by atoms with Gasteiger partial charge in [0.15, 0.2) is 4.90 Å². The Balaban J connectivity index is 2.42. The van der Waals surface area contributed by atoms with Crippen LogP contribution in [0.3, 0.4) is 0 Å². The summed E-state index contributed by atoms with van der Waals surface area (Å²) in [4.78, 5) is 37.4. The summed E-state index contributed by atoms with van der Waals surface area (Å²) in [7, 11) is -4.21. The van der Waals surface area contributed by atoms with Gasteiger partial charge in [0.2, 0.25) is 5.91 Å². The van der Waals surface area contributed by atoms with Gasteiger partial charge < -0.3 is 10.3 Å². The molecule has 10 heteroatoms. The van der Waals surface area contributed by atoms with Gasteiger partial charge in [-0.3, -0.25) is 19.3 Å². The molecule has 0 aliphatic rings. The van der Waals surface area contributed by atoms with Crippen molar-refractivity contribution in [1.29, 1.82) is 0 Å². The van der Waals surface area contributed by atoms with E-state index < -0.39 is 26.2 Å². The van der Waals surface area contributed by atoms with Crippen molar-refractivity contribution in [2.45, 2.75) is 18.7 Å². The lowest BCUT2D eigenvalue weighted by Crippen LogP contribution is -2.31. The third-order valence-electron chi connectivity index (χ3n) is 2.78. The topological polar surface area (TPSA) is 141 Å². The Morgan fingerprint density at radius 3 is 2.39 bits per heavy atom. The minimum atomic E-state index is -4.21. The molecule has 9 nitrogen and oxygen atoms in total. The SMILES string of the molecule is CC(=O)Nc1cccc(NS(=O)(=O)c2c(C)[nH]c(=O)[nH]c2=O)c1. The van der Waals surface area contributed by atoms with Gasteiger partial charge in [0, 0.05) is 18.3 Å². The van der Waals surface area contributed by atoms with Crippen LogP contribution < -0.4 is 21.3 Å². The predicted octanol–water partition coefficient (Wildman–Crippen LogP) is 0.131. The van der Waals surface area contributed by atoms with E-state index in [-0.39, 0.29) is 17.3 Å². The summed E-state index contributed by atoms with van der Waals surface area (Å²) in [6.07, 6.45) is 0. The van der Waals surface area contributed by atoms with Crippen LogP contribution in [0.25, 0.3) is 0 Å². The number of sulfonamides is 1. The van der Waals surface area contributed by atoms with Gasteiger partial charge in [0.05, 0.1) is 5.69 Å². The number of amides is 1. The minimum absolute atomic E-state index is 0.0794. The predicted molar refractivity (Wildman–Crippen MR) is 84.0 cm³/mol. The quantitative estimate of drug-likeness (QED) is 0.627. The van der Waals surface area contributed by atoms with E-state index in [9.17, 15) is 22.8 Å². The van der Waals surface area contributed by atoms with Crippen molar-refractivity contribution in [3.8, 4) is 0 Å². The van der Waals surface area contributed by atoms with Crippen LogP contribution in [0.4, 0.5) is 11.4 Å². The summed E-state index contributed by atoms with van der Waals surface area (Å²) >= 11 is 0. The fourth-order valence-corrected chi connectivity index (χ4v) is 3.27. The van der Waals surface area contributed by atoms with Crippen LogP contribution in [0, 0.1) is 6.92 Å². The molecule has 0 radical (unpaired) electrons. The Morgan fingerprint density at radius 2 is 1.78 bits per heavy atom. The second-order valence-corrected chi connectivity index (χ2v) is 6.35. The highest BCUT2D eigenvalue weighted by Crippen LogP contribution is 2.18. The Labute approximate surface area is 130 Å². The van der Waals surface area contributed by atoms with Crippen LogP contribution in [-0.4, -0.2) is 24.3 Å². The first-order valence-corrected chi connectivity index (χ1v) is 7.91. The highest BCUT2D eigenvalue weighted by molar-refractivity contribution is 7.92. The van der Waals surface area contributed by atoms with Crippen LogP contribution in [0.15, 0.2) is 38.8 Å². The lowest BCUT2D eigenvalue weighted by atomic mass is 10.3. The number of carbonyl (C=O) groups is 1. The molecule has 1 heterocycles. The van der Waals surface area contributed by atoms with E-state index in [1.807, 2.05) is 4.98 Å². The first-order chi connectivity index (χ1) is 10.7. The molecule has 122 valence electrons. The molecular formula is C13H14N4O5S. The number of rotatable bonds is 4. The van der Waals surface area contributed by atoms with Crippen molar-refractivity contribution in [3.05, 3.63) is 50.8 Å². The molecule has 0 bridgehead atoms. The van der Waals surface area contributed by atoms with E-state index in [1.165, 1.54) is 32.0 Å². The number of hydrogen-bond donors (Lipinski definition) is 4. The second kappa shape index (κ2) is 6.08. The lowest BCUT2D eigenvalue weighted by molar-refractivity contribution is -0.114. The summed E-state index contributed by atoms with van der Waals surface area (Å²) in [5, 5.41) is 2.51. The van der Waals surface area contributed by atoms with Crippen LogP contribution in [0.1, 0.15) is 12.6 Å². The molecule has 2 aromatic rings. The largest absolute Gasteiger partial charge is 0.326 e. The number of H-pyrrole nitrogens is 2. The maximum atomic E-state index is 12.3. The summed E-state index contributed by atoms with van der Waals surface area (Å²) in [5.74, 6) is -0.307. The molecule has 1 aromatic carbocycles. The van der Waals surface area contributed by atoms with E-state index in [0.717, 1.165) is 0 Å². The normalized spacial score (nSPS) is 11.0. The second-order valence-electron chi connectivity index (χ2n) is 4.73. The molecule has 0 saturated carbocycles. The summed E-state index contributed by atoms with van der Waals surface area (Å²) < 4.78 is 26.9. The molecule has 0 atom stereocenters. The summed E-state index contributed by atoms with van der Waals surface area (Å²) in [5.41, 5.74) is -1.34. The Hall–Kier alpha value is -2.88. The van der Waals surface area contributed by atoms with Crippen molar-refractivity contribution >= 4 is 27.3 Å². The van der Waals surface area contributed by atoms with Crippen molar-refractivity contribution in [2.24, 2.45) is 0 Å². The Bertz CT molecular complexity index is 974. The minimum Gasteiger partial charge on any atom is -0.326 e. The summed E-state index contributed by atoms with van der Waals surface area (Å²) in [6.45, 7) is 2.62. The zero-order chi connectivity index (χ0) is 17.2. The fourth-order valence-electron chi connectivity index (χ4n) is 1.98. The first-order valence-electron chi connectivity index (χ1n) is 6.43. The molecule has 0 aliphatic heterocycles. The molecule has 0 unspecified atom stereocenters. The molecule has 1 aromatic heterocycles. The third kappa shape index (κ3) is 3.86. The van der Waals surface area contributed by atoms with Crippen molar-refractivity contribution in [2.75, 3.05) is 10.0 Å². The van der Waals surface area contributed by atoms with Crippen LogP contribution in [0.2, 0.25) is 0 Å². The number of anilines is 2. The van der Waals surface area contributed by atoms with E-state index >= 15 is 0 Å². The van der Waals surface area contributed by atoms with Crippen molar-refractivity contribution < 1.29 is 13.2 Å². The van der Waals surface area contributed by atoms with Crippen molar-refractivity contribution in [3.63, 3.8) is 0 Å². The molecule has 0 saturated heterocycles. The van der Waals surface area contributed by atoms with E-state index in [2.05, 4.69) is 15.0 Å². The molecule has 0 aliphatic carbocycles. The van der Waals surface area contributed by atoms with Gasteiger partial charge in [-0.05, 0) is 25.1 Å².